The SMILES string of the molecule is c1ccc(-c2ccc(-c3nc(-c4ccccc4)nc(-c4cc5ccccc5cc4-n4c5cc6ccccc6cc5c5c6ccccc6ccc54)n3)cc2)cc1. The Bertz CT molecular complexity index is 3240. The second kappa shape index (κ2) is 12.6. The van der Waals surface area contributed by atoms with Crippen LogP contribution in [-0.4, -0.2) is 19.5 Å². The average Bonchev–Trinajstić information content (AvgIpc) is 3.59. The van der Waals surface area contributed by atoms with E-state index in [-0.39, 0.29) is 0 Å². The largest absolute Gasteiger partial charge is 0.308 e. The van der Waals surface area contributed by atoms with E-state index in [0.29, 0.717) is 17.5 Å². The van der Waals surface area contributed by atoms with Gasteiger partial charge in [-0.3, -0.25) is 0 Å². The van der Waals surface area contributed by atoms with Crippen LogP contribution in [0.4, 0.5) is 0 Å². The van der Waals surface area contributed by atoms with Gasteiger partial charge in [0.25, 0.3) is 0 Å². The summed E-state index contributed by atoms with van der Waals surface area (Å²) in [5.74, 6) is 1.88. The highest BCUT2D eigenvalue weighted by molar-refractivity contribution is 6.23. The fraction of sp³-hybridized carbons (Fsp3) is 0. The molecule has 0 aliphatic rings. The predicted molar refractivity (Wildman–Crippen MR) is 228 cm³/mol. The van der Waals surface area contributed by atoms with E-state index in [1.807, 2.05) is 24.3 Å². The summed E-state index contributed by atoms with van der Waals surface area (Å²) < 4.78 is 2.42. The summed E-state index contributed by atoms with van der Waals surface area (Å²) >= 11 is 0. The van der Waals surface area contributed by atoms with Crippen LogP contribution in [0.3, 0.4) is 0 Å². The van der Waals surface area contributed by atoms with E-state index in [1.165, 1.54) is 37.9 Å². The monoisotopic (exact) mass is 700 g/mol. The van der Waals surface area contributed by atoms with Gasteiger partial charge < -0.3 is 4.57 Å². The van der Waals surface area contributed by atoms with Crippen molar-refractivity contribution in [2.24, 2.45) is 0 Å². The molecule has 4 nitrogen and oxygen atoms in total. The normalized spacial score (nSPS) is 11.6. The first-order valence-corrected chi connectivity index (χ1v) is 18.6. The molecule has 2 aromatic heterocycles. The lowest BCUT2D eigenvalue weighted by molar-refractivity contribution is 1.07. The molecule has 0 aliphatic carbocycles. The molecule has 55 heavy (non-hydrogen) atoms. The van der Waals surface area contributed by atoms with Gasteiger partial charge in [0.15, 0.2) is 17.5 Å². The van der Waals surface area contributed by atoms with Crippen LogP contribution in [0, 0.1) is 0 Å². The van der Waals surface area contributed by atoms with Gasteiger partial charge in [-0.05, 0) is 73.8 Å². The molecule has 11 aromatic rings. The van der Waals surface area contributed by atoms with E-state index in [0.717, 1.165) is 49.7 Å². The first-order chi connectivity index (χ1) is 27.2. The fourth-order valence-electron chi connectivity index (χ4n) is 8.11. The molecule has 0 saturated carbocycles. The summed E-state index contributed by atoms with van der Waals surface area (Å²) in [7, 11) is 0. The molecule has 11 rings (SSSR count). The zero-order valence-corrected chi connectivity index (χ0v) is 29.8. The predicted octanol–water partition coefficient (Wildman–Crippen LogP) is 13.1. The minimum Gasteiger partial charge on any atom is -0.308 e. The standard InChI is InChI=1S/C51H32N4/c1-3-13-33(14-4-1)34-23-25-37(26-24-34)50-52-49(36-16-5-2-6-17-36)53-51(54-50)44-30-39-19-8-10-21-41(39)32-47(44)55-45-28-27-35-15-11-12-22-42(35)48(45)43-29-38-18-7-9-20-40(38)31-46(43)55/h1-32H. The molecule has 2 heterocycles. The van der Waals surface area contributed by atoms with E-state index in [9.17, 15) is 0 Å². The maximum Gasteiger partial charge on any atom is 0.166 e. The van der Waals surface area contributed by atoms with Crippen molar-refractivity contribution in [2.45, 2.75) is 0 Å². The molecule has 0 radical (unpaired) electrons. The molecule has 9 aromatic carbocycles. The van der Waals surface area contributed by atoms with Gasteiger partial charge in [0.05, 0.1) is 16.7 Å². The van der Waals surface area contributed by atoms with Crippen molar-refractivity contribution in [2.75, 3.05) is 0 Å². The minimum absolute atomic E-state index is 0.619. The van der Waals surface area contributed by atoms with Crippen molar-refractivity contribution in [3.05, 3.63) is 194 Å². The van der Waals surface area contributed by atoms with Gasteiger partial charge in [0.2, 0.25) is 0 Å². The summed E-state index contributed by atoms with van der Waals surface area (Å²) in [5, 5.41) is 9.57. The highest BCUT2D eigenvalue weighted by Gasteiger charge is 2.22. The highest BCUT2D eigenvalue weighted by Crippen LogP contribution is 2.42. The number of benzene rings is 9. The summed E-state index contributed by atoms with van der Waals surface area (Å²) in [6.07, 6.45) is 0. The van der Waals surface area contributed by atoms with Gasteiger partial charge in [-0.2, -0.15) is 0 Å². The Morgan fingerprint density at radius 3 is 1.49 bits per heavy atom. The van der Waals surface area contributed by atoms with E-state index >= 15 is 0 Å². The minimum atomic E-state index is 0.619. The first kappa shape index (κ1) is 31.1. The lowest BCUT2D eigenvalue weighted by Crippen LogP contribution is -2.04. The third-order valence-electron chi connectivity index (χ3n) is 10.8. The zero-order chi connectivity index (χ0) is 36.3. The molecule has 256 valence electrons. The van der Waals surface area contributed by atoms with Crippen LogP contribution in [0.25, 0.3) is 105 Å². The number of rotatable bonds is 5. The van der Waals surface area contributed by atoms with Gasteiger partial charge in [0.1, 0.15) is 0 Å². The second-order valence-corrected chi connectivity index (χ2v) is 14.1. The quantitative estimate of drug-likeness (QED) is 0.179. The van der Waals surface area contributed by atoms with Gasteiger partial charge in [-0.1, -0.05) is 164 Å². The van der Waals surface area contributed by atoms with Crippen LogP contribution in [0.5, 0.6) is 0 Å². The van der Waals surface area contributed by atoms with Crippen molar-refractivity contribution in [3.8, 4) is 51.0 Å². The van der Waals surface area contributed by atoms with E-state index in [1.54, 1.807) is 0 Å². The van der Waals surface area contributed by atoms with Crippen molar-refractivity contribution in [1.82, 2.24) is 19.5 Å². The molecule has 0 saturated heterocycles. The molecular weight excluding hydrogens is 669 g/mol. The van der Waals surface area contributed by atoms with Crippen LogP contribution in [0.2, 0.25) is 0 Å². The third kappa shape index (κ3) is 5.26. The molecule has 4 heteroatoms. The molecule has 0 atom stereocenters. The summed E-state index contributed by atoms with van der Waals surface area (Å²) in [4.78, 5) is 15.7. The topological polar surface area (TPSA) is 43.6 Å². The summed E-state index contributed by atoms with van der Waals surface area (Å²) in [6, 6.07) is 68.7. The number of aromatic nitrogens is 4. The molecule has 0 bridgehead atoms. The van der Waals surface area contributed by atoms with Crippen molar-refractivity contribution in [1.29, 1.82) is 0 Å². The fourth-order valence-corrected chi connectivity index (χ4v) is 8.11. The number of nitrogens with zero attached hydrogens (tertiary/aromatic N) is 4. The Labute approximate surface area is 317 Å². The first-order valence-electron chi connectivity index (χ1n) is 18.6. The van der Waals surface area contributed by atoms with Crippen LogP contribution in [0.15, 0.2) is 194 Å². The number of fused-ring (bicyclic) bond motifs is 7. The maximum absolute atomic E-state index is 5.30. The van der Waals surface area contributed by atoms with Gasteiger partial charge in [-0.25, -0.2) is 15.0 Å². The lowest BCUT2D eigenvalue weighted by atomic mass is 10.0. The summed E-state index contributed by atoms with van der Waals surface area (Å²) in [6.45, 7) is 0. The van der Waals surface area contributed by atoms with Gasteiger partial charge in [-0.15, -0.1) is 0 Å². The van der Waals surface area contributed by atoms with E-state index in [2.05, 4.69) is 174 Å². The van der Waals surface area contributed by atoms with Crippen LogP contribution in [-0.2, 0) is 0 Å². The number of hydrogen-bond acceptors (Lipinski definition) is 3. The molecule has 0 N–H and O–H groups in total. The lowest BCUT2D eigenvalue weighted by Gasteiger charge is -2.16. The van der Waals surface area contributed by atoms with Crippen LogP contribution >= 0.6 is 0 Å². The van der Waals surface area contributed by atoms with Gasteiger partial charge >= 0.3 is 0 Å². The smallest absolute Gasteiger partial charge is 0.166 e. The molecule has 0 spiro atoms. The molecule has 0 fully saturated rings. The van der Waals surface area contributed by atoms with Crippen molar-refractivity contribution in [3.63, 3.8) is 0 Å². The third-order valence-corrected chi connectivity index (χ3v) is 10.8. The van der Waals surface area contributed by atoms with Crippen LogP contribution in [0.1, 0.15) is 0 Å². The zero-order valence-electron chi connectivity index (χ0n) is 29.8. The molecule has 0 amide bonds. The van der Waals surface area contributed by atoms with Crippen LogP contribution < -0.4 is 0 Å². The molecular formula is C51H32N4. The average molecular weight is 701 g/mol. The Hall–Kier alpha value is -7.43. The Balaban J connectivity index is 1.22. The van der Waals surface area contributed by atoms with Crippen molar-refractivity contribution < 1.29 is 0 Å². The van der Waals surface area contributed by atoms with E-state index < -0.39 is 0 Å². The Morgan fingerprint density at radius 1 is 0.309 bits per heavy atom. The van der Waals surface area contributed by atoms with Crippen molar-refractivity contribution >= 4 is 54.1 Å². The van der Waals surface area contributed by atoms with E-state index in [4.69, 9.17) is 15.0 Å². The Kier molecular flexibility index (Phi) is 7.14. The Morgan fingerprint density at radius 2 is 0.800 bits per heavy atom. The maximum atomic E-state index is 5.30. The number of hydrogen-bond donors (Lipinski definition) is 0. The highest BCUT2D eigenvalue weighted by atomic mass is 15.1. The molecule has 0 unspecified atom stereocenters. The van der Waals surface area contributed by atoms with Gasteiger partial charge in [0, 0.05) is 27.5 Å². The molecule has 0 aliphatic heterocycles. The second-order valence-electron chi connectivity index (χ2n) is 14.1. The summed E-state index contributed by atoms with van der Waals surface area (Å²) in [5.41, 5.74) is 8.39.